The van der Waals surface area contributed by atoms with Gasteiger partial charge in [-0.1, -0.05) is 17.7 Å². The molecule has 1 rings (SSSR count). The number of hydrogen-bond acceptors (Lipinski definition) is 3. The summed E-state index contributed by atoms with van der Waals surface area (Å²) in [7, 11) is 3.43. The van der Waals surface area contributed by atoms with Crippen molar-refractivity contribution in [1.29, 1.82) is 0 Å². The van der Waals surface area contributed by atoms with Crippen molar-refractivity contribution in [3.05, 3.63) is 23.0 Å². The van der Waals surface area contributed by atoms with E-state index in [9.17, 15) is 4.39 Å². The number of methoxy groups -OCH3 is 1. The molecule has 15 heavy (non-hydrogen) atoms. The Kier molecular flexibility index (Phi) is 4.38. The van der Waals surface area contributed by atoms with E-state index >= 15 is 0 Å². The fourth-order valence-corrected chi connectivity index (χ4v) is 1.49. The molecule has 6 heteroatoms. The van der Waals surface area contributed by atoms with Crippen molar-refractivity contribution < 1.29 is 18.4 Å². The summed E-state index contributed by atoms with van der Waals surface area (Å²) in [5, 5.41) is 0.213. The molecule has 0 aliphatic carbocycles. The topological polar surface area (TPSA) is 27.7 Å². The maximum Gasteiger partial charge on any atom is 0.496 e. The zero-order valence-electron chi connectivity index (χ0n) is 8.71. The number of benzene rings is 1. The average Bonchev–Trinajstić information content (AvgIpc) is 2.23. The second-order valence-corrected chi connectivity index (χ2v) is 3.19. The molecular formula is C9H11BClFO3. The molecule has 1 aromatic rings. The average molecular weight is 232 g/mol. The minimum Gasteiger partial charge on any atom is -0.492 e. The Morgan fingerprint density at radius 2 is 1.80 bits per heavy atom. The minimum absolute atomic E-state index is 0.00623. The van der Waals surface area contributed by atoms with E-state index in [0.29, 0.717) is 0 Å². The van der Waals surface area contributed by atoms with E-state index in [0.717, 1.165) is 0 Å². The molecular weight excluding hydrogens is 221 g/mol. The van der Waals surface area contributed by atoms with Gasteiger partial charge in [0.05, 0.1) is 12.1 Å². The summed E-state index contributed by atoms with van der Waals surface area (Å²) in [5.41, 5.74) is 0.251. The Morgan fingerprint density at radius 3 is 2.27 bits per heavy atom. The fourth-order valence-electron chi connectivity index (χ4n) is 1.27. The monoisotopic (exact) mass is 232 g/mol. The lowest BCUT2D eigenvalue weighted by atomic mass is 9.78. The first kappa shape index (κ1) is 12.3. The van der Waals surface area contributed by atoms with Gasteiger partial charge in [-0.05, 0) is 6.07 Å². The Labute approximate surface area is 93.2 Å². The van der Waals surface area contributed by atoms with Gasteiger partial charge >= 0.3 is 7.12 Å². The molecule has 0 saturated carbocycles. The molecule has 0 aliphatic heterocycles. The summed E-state index contributed by atoms with van der Waals surface area (Å²) in [6.45, 7) is 0. The van der Waals surface area contributed by atoms with Gasteiger partial charge < -0.3 is 14.0 Å². The van der Waals surface area contributed by atoms with E-state index in [4.69, 9.17) is 25.6 Å². The Bertz CT molecular complexity index is 344. The zero-order chi connectivity index (χ0) is 11.4. The number of halogens is 2. The summed E-state index contributed by atoms with van der Waals surface area (Å²) in [6.07, 6.45) is 0. The van der Waals surface area contributed by atoms with Crippen LogP contribution in [0.2, 0.25) is 5.02 Å². The molecule has 0 unspecified atom stereocenters. The van der Waals surface area contributed by atoms with Crippen LogP contribution in [0.1, 0.15) is 0 Å². The third-order valence-electron chi connectivity index (χ3n) is 1.97. The Hall–Kier alpha value is -0.775. The zero-order valence-corrected chi connectivity index (χ0v) is 9.47. The fraction of sp³-hybridized carbons (Fsp3) is 0.333. The SMILES string of the molecule is COB(OC)c1ccc(Cl)c(OC)c1F. The molecule has 3 nitrogen and oxygen atoms in total. The summed E-state index contributed by atoms with van der Waals surface area (Å²) >= 11 is 5.75. The van der Waals surface area contributed by atoms with Gasteiger partial charge in [0, 0.05) is 19.7 Å². The van der Waals surface area contributed by atoms with Crippen LogP contribution in [-0.2, 0) is 9.31 Å². The van der Waals surface area contributed by atoms with Crippen molar-refractivity contribution in [2.75, 3.05) is 21.3 Å². The quantitative estimate of drug-likeness (QED) is 0.736. The van der Waals surface area contributed by atoms with E-state index in [1.54, 1.807) is 0 Å². The third kappa shape index (κ3) is 2.42. The third-order valence-corrected chi connectivity index (χ3v) is 2.26. The number of ether oxygens (including phenoxy) is 1. The molecule has 0 saturated heterocycles. The van der Waals surface area contributed by atoms with Crippen LogP contribution in [0.15, 0.2) is 12.1 Å². The predicted octanol–water partition coefficient (Wildman–Crippen LogP) is 1.48. The van der Waals surface area contributed by atoms with Crippen molar-refractivity contribution in [1.82, 2.24) is 0 Å². The normalized spacial score (nSPS) is 10.2. The predicted molar refractivity (Wildman–Crippen MR) is 57.4 cm³/mol. The first-order chi connectivity index (χ1) is 7.15. The van der Waals surface area contributed by atoms with Crippen molar-refractivity contribution >= 4 is 24.2 Å². The van der Waals surface area contributed by atoms with Gasteiger partial charge in [-0.2, -0.15) is 0 Å². The van der Waals surface area contributed by atoms with E-state index < -0.39 is 12.9 Å². The van der Waals surface area contributed by atoms with Gasteiger partial charge in [0.1, 0.15) is 0 Å². The molecule has 0 atom stereocenters. The molecule has 0 radical (unpaired) electrons. The summed E-state index contributed by atoms with van der Waals surface area (Å²) < 4.78 is 28.5. The lowest BCUT2D eigenvalue weighted by molar-refractivity contribution is 0.290. The van der Waals surface area contributed by atoms with Gasteiger partial charge in [-0.3, -0.25) is 0 Å². The maximum absolute atomic E-state index is 13.8. The first-order valence-electron chi connectivity index (χ1n) is 4.23. The molecule has 82 valence electrons. The van der Waals surface area contributed by atoms with E-state index in [1.807, 2.05) is 0 Å². The van der Waals surface area contributed by atoms with Crippen LogP contribution in [0, 0.1) is 5.82 Å². The molecule has 0 amide bonds. The van der Waals surface area contributed by atoms with Gasteiger partial charge in [-0.15, -0.1) is 0 Å². The molecule has 0 bridgehead atoms. The standard InChI is InChI=1S/C9H11BClFO3/c1-13-9-7(11)5-4-6(8(9)12)10(14-2)15-3/h4-5H,1-3H3. The Balaban J connectivity index is 3.20. The van der Waals surface area contributed by atoms with Crippen molar-refractivity contribution in [2.24, 2.45) is 0 Å². The van der Waals surface area contributed by atoms with Crippen LogP contribution in [-0.4, -0.2) is 28.4 Å². The Morgan fingerprint density at radius 1 is 1.20 bits per heavy atom. The lowest BCUT2D eigenvalue weighted by Gasteiger charge is -2.12. The van der Waals surface area contributed by atoms with Crippen LogP contribution in [0.25, 0.3) is 0 Å². The van der Waals surface area contributed by atoms with E-state index in [-0.39, 0.29) is 16.2 Å². The molecule has 0 aliphatic rings. The van der Waals surface area contributed by atoms with Crippen molar-refractivity contribution in [2.45, 2.75) is 0 Å². The van der Waals surface area contributed by atoms with Crippen LogP contribution in [0.3, 0.4) is 0 Å². The summed E-state index contributed by atoms with van der Waals surface area (Å²) in [4.78, 5) is 0. The highest BCUT2D eigenvalue weighted by Gasteiger charge is 2.25. The number of rotatable bonds is 4. The van der Waals surface area contributed by atoms with E-state index in [1.165, 1.54) is 33.5 Å². The van der Waals surface area contributed by atoms with Crippen LogP contribution in [0.5, 0.6) is 5.75 Å². The van der Waals surface area contributed by atoms with Crippen molar-refractivity contribution in [3.63, 3.8) is 0 Å². The lowest BCUT2D eigenvalue weighted by Crippen LogP contribution is -2.37. The molecule has 0 spiro atoms. The smallest absolute Gasteiger partial charge is 0.492 e. The van der Waals surface area contributed by atoms with Crippen LogP contribution < -0.4 is 10.2 Å². The summed E-state index contributed by atoms with van der Waals surface area (Å²) in [6, 6.07) is 3.03. The molecule has 0 aromatic heterocycles. The van der Waals surface area contributed by atoms with E-state index in [2.05, 4.69) is 0 Å². The van der Waals surface area contributed by atoms with Crippen LogP contribution >= 0.6 is 11.6 Å². The summed E-state index contributed by atoms with van der Waals surface area (Å²) in [5.74, 6) is -0.577. The minimum atomic E-state index is -0.767. The van der Waals surface area contributed by atoms with Gasteiger partial charge in [0.2, 0.25) is 0 Å². The second kappa shape index (κ2) is 5.35. The molecule has 1 aromatic carbocycles. The number of hydrogen-bond donors (Lipinski definition) is 0. The van der Waals surface area contributed by atoms with Crippen LogP contribution in [0.4, 0.5) is 4.39 Å². The highest BCUT2D eigenvalue weighted by atomic mass is 35.5. The van der Waals surface area contributed by atoms with Crippen molar-refractivity contribution in [3.8, 4) is 5.75 Å². The highest BCUT2D eigenvalue weighted by Crippen LogP contribution is 2.25. The first-order valence-corrected chi connectivity index (χ1v) is 4.61. The maximum atomic E-state index is 13.8. The van der Waals surface area contributed by atoms with Gasteiger partial charge in [0.15, 0.2) is 11.6 Å². The molecule has 0 fully saturated rings. The van der Waals surface area contributed by atoms with Gasteiger partial charge in [-0.25, -0.2) is 4.39 Å². The molecule has 0 heterocycles. The largest absolute Gasteiger partial charge is 0.496 e. The van der Waals surface area contributed by atoms with Gasteiger partial charge in [0.25, 0.3) is 0 Å². The molecule has 0 N–H and O–H groups in total. The highest BCUT2D eigenvalue weighted by molar-refractivity contribution is 6.61. The second-order valence-electron chi connectivity index (χ2n) is 2.79.